The monoisotopic (exact) mass is 874 g/mol. The maximum atomic E-state index is 13.0. The van der Waals surface area contributed by atoms with Crippen LogP contribution >= 0.6 is 22.7 Å². The van der Waals surface area contributed by atoms with Crippen molar-refractivity contribution in [3.8, 4) is 0 Å². The van der Waals surface area contributed by atoms with E-state index in [1.807, 2.05) is 43.3 Å². The Bertz CT molecular complexity index is 2340. The highest BCUT2D eigenvalue weighted by Crippen LogP contribution is 2.27. The molecule has 61 heavy (non-hydrogen) atoms. The van der Waals surface area contributed by atoms with Gasteiger partial charge in [0.1, 0.15) is 13.2 Å². The number of aliphatic hydroxyl groups is 1. The molecule has 2 aromatic heterocycles. The van der Waals surface area contributed by atoms with Crippen LogP contribution in [0.1, 0.15) is 34.1 Å². The van der Waals surface area contributed by atoms with E-state index in [-0.39, 0.29) is 76.9 Å². The number of benzene rings is 4. The lowest BCUT2D eigenvalue weighted by molar-refractivity contribution is -0.0907. The Morgan fingerprint density at radius 2 is 0.869 bits per heavy atom. The third-order valence-electron chi connectivity index (χ3n) is 9.87. The van der Waals surface area contributed by atoms with Crippen molar-refractivity contribution >= 4 is 75.0 Å². The number of aliphatic hydroxyl groups excluding tert-OH is 1. The lowest BCUT2D eigenvalue weighted by Gasteiger charge is -2.32. The maximum Gasteiger partial charge on any atom is 0.338 e. The molecule has 324 valence electrons. The van der Waals surface area contributed by atoms with E-state index >= 15 is 0 Å². The minimum Gasteiger partial charge on any atom is -0.460 e. The summed E-state index contributed by atoms with van der Waals surface area (Å²) in [5.41, 5.74) is -0.101. The van der Waals surface area contributed by atoms with Crippen molar-refractivity contribution in [1.82, 2.24) is 0 Å². The summed E-state index contributed by atoms with van der Waals surface area (Å²) >= 11 is 3.00. The molecule has 0 aliphatic rings. The average molecular weight is 875 g/mol. The first-order valence-electron chi connectivity index (χ1n) is 20.2. The first-order chi connectivity index (χ1) is 29.8. The molecule has 15 heteroatoms. The van der Waals surface area contributed by atoms with E-state index < -0.39 is 17.4 Å². The summed E-state index contributed by atoms with van der Waals surface area (Å²) < 4.78 is 48.7. The molecular weight excluding hydrogens is 825 g/mol. The molecule has 6 aromatic rings. The molecule has 2 heterocycles. The number of ether oxygens (including phenoxy) is 8. The van der Waals surface area contributed by atoms with Crippen molar-refractivity contribution in [2.75, 3.05) is 99.1 Å². The van der Waals surface area contributed by atoms with Crippen LogP contribution in [0.15, 0.2) is 94.5 Å². The van der Waals surface area contributed by atoms with E-state index in [1.165, 1.54) is 22.7 Å². The molecule has 0 spiro atoms. The molecule has 0 aliphatic heterocycles. The van der Waals surface area contributed by atoms with Gasteiger partial charge in [-0.3, -0.25) is 9.59 Å². The van der Waals surface area contributed by atoms with Crippen LogP contribution in [0.4, 0.5) is 0 Å². The van der Waals surface area contributed by atoms with Gasteiger partial charge >= 0.3 is 11.9 Å². The molecule has 0 aliphatic carbocycles. The van der Waals surface area contributed by atoms with Gasteiger partial charge in [0.25, 0.3) is 0 Å². The maximum absolute atomic E-state index is 13.0. The van der Waals surface area contributed by atoms with Crippen LogP contribution in [0.5, 0.6) is 0 Å². The van der Waals surface area contributed by atoms with Gasteiger partial charge in [-0.15, -0.1) is 22.7 Å². The molecule has 0 unspecified atom stereocenters. The number of carbonyl (C=O) groups is 2. The molecule has 0 saturated heterocycles. The number of hydrogen-bond acceptors (Lipinski definition) is 15. The van der Waals surface area contributed by atoms with E-state index in [0.717, 1.165) is 18.8 Å². The Morgan fingerprint density at radius 1 is 0.492 bits per heavy atom. The fourth-order valence-corrected chi connectivity index (χ4v) is 8.54. The summed E-state index contributed by atoms with van der Waals surface area (Å²) in [7, 11) is 0. The molecule has 0 saturated carbocycles. The van der Waals surface area contributed by atoms with Gasteiger partial charge < -0.3 is 43.0 Å². The first-order valence-corrected chi connectivity index (χ1v) is 21.8. The van der Waals surface area contributed by atoms with Gasteiger partial charge in [-0.2, -0.15) is 0 Å². The topological polar surface area (TPSA) is 162 Å². The van der Waals surface area contributed by atoms with Crippen LogP contribution in [0, 0.1) is 5.41 Å². The van der Waals surface area contributed by atoms with Gasteiger partial charge in [-0.05, 0) is 67.1 Å². The standard InChI is InChI=1S/C46H50O13S2/c1-2-46(29-55-20-17-52-16-15-47,30-56-21-18-53-23-25-58-44(50)32-11-13-40-36(27-32)42(48)34-7-3-5-9-38(34)60-40)31-57-22-19-54-24-26-59-45(51)33-12-14-41-37(28-33)43(49)35-8-4-6-10-39(35)61-41/h3-14,27-28,47H,2,15-26,29-31H2,1H3. The lowest BCUT2D eigenvalue weighted by atomic mass is 9.88. The molecule has 4 aromatic carbocycles. The molecule has 1 N–H and O–H groups in total. The van der Waals surface area contributed by atoms with Gasteiger partial charge in [-0.25, -0.2) is 9.59 Å². The Morgan fingerprint density at radius 3 is 1.30 bits per heavy atom. The van der Waals surface area contributed by atoms with Crippen LogP contribution in [0.2, 0.25) is 0 Å². The fourth-order valence-electron chi connectivity index (χ4n) is 6.44. The summed E-state index contributed by atoms with van der Waals surface area (Å²) in [6, 6.07) is 24.9. The largest absolute Gasteiger partial charge is 0.460 e. The van der Waals surface area contributed by atoms with Gasteiger partial charge in [-0.1, -0.05) is 31.2 Å². The van der Waals surface area contributed by atoms with Crippen LogP contribution < -0.4 is 10.9 Å². The normalized spacial score (nSPS) is 11.8. The number of carbonyl (C=O) groups excluding carboxylic acids is 2. The van der Waals surface area contributed by atoms with E-state index in [1.54, 1.807) is 48.5 Å². The molecule has 0 atom stereocenters. The van der Waals surface area contributed by atoms with Crippen molar-refractivity contribution < 1.29 is 52.6 Å². The Balaban J connectivity index is 0.877. The van der Waals surface area contributed by atoms with Crippen molar-refractivity contribution in [2.45, 2.75) is 13.3 Å². The van der Waals surface area contributed by atoms with Gasteiger partial charge in [0, 0.05) is 45.8 Å². The second-order valence-corrected chi connectivity index (χ2v) is 16.3. The van der Waals surface area contributed by atoms with Crippen LogP contribution in [0.3, 0.4) is 0 Å². The third-order valence-corrected chi connectivity index (χ3v) is 12.2. The minimum atomic E-state index is -0.533. The SMILES string of the molecule is CCC(COCCOCCO)(COCCOCCOC(=O)c1ccc2sc3ccccc3c(=O)c2c1)COCCOCCOC(=O)c1ccc2sc3ccccc3c(=O)c2c1. The summed E-state index contributed by atoms with van der Waals surface area (Å²) in [6.45, 7) is 5.43. The molecule has 0 fully saturated rings. The predicted molar refractivity (Wildman–Crippen MR) is 236 cm³/mol. The Kier molecular flexibility index (Phi) is 17.7. The lowest BCUT2D eigenvalue weighted by Crippen LogP contribution is -2.38. The first kappa shape index (κ1) is 45.8. The van der Waals surface area contributed by atoms with Crippen LogP contribution in [0.25, 0.3) is 40.3 Å². The van der Waals surface area contributed by atoms with Gasteiger partial charge in [0.05, 0.1) is 97.0 Å². The number of fused-ring (bicyclic) bond motifs is 4. The van der Waals surface area contributed by atoms with Crippen LogP contribution in [-0.2, 0) is 37.9 Å². The molecular formula is C46H50O13S2. The minimum absolute atomic E-state index is 0.0385. The average Bonchev–Trinajstić information content (AvgIpc) is 3.28. The second-order valence-electron chi connectivity index (χ2n) is 14.1. The van der Waals surface area contributed by atoms with E-state index in [9.17, 15) is 19.2 Å². The van der Waals surface area contributed by atoms with Crippen molar-refractivity contribution in [1.29, 1.82) is 0 Å². The number of rotatable bonds is 26. The zero-order valence-corrected chi connectivity index (χ0v) is 35.7. The summed E-state index contributed by atoms with van der Waals surface area (Å²) in [5, 5.41) is 11.2. The van der Waals surface area contributed by atoms with Crippen molar-refractivity contribution in [3.05, 3.63) is 117 Å². The molecule has 0 radical (unpaired) electrons. The van der Waals surface area contributed by atoms with Crippen molar-refractivity contribution in [3.63, 3.8) is 0 Å². The van der Waals surface area contributed by atoms with E-state index in [2.05, 4.69) is 0 Å². The van der Waals surface area contributed by atoms with Gasteiger partial charge in [0.15, 0.2) is 10.9 Å². The Hall–Kier alpha value is -4.68. The highest BCUT2D eigenvalue weighted by atomic mass is 32.1. The molecule has 0 bridgehead atoms. The van der Waals surface area contributed by atoms with E-state index in [0.29, 0.717) is 72.1 Å². The Labute approximate surface area is 360 Å². The molecule has 0 amide bonds. The smallest absolute Gasteiger partial charge is 0.338 e. The summed E-state index contributed by atoms with van der Waals surface area (Å²) in [6.07, 6.45) is 0.692. The third kappa shape index (κ3) is 12.7. The highest BCUT2D eigenvalue weighted by molar-refractivity contribution is 7.24. The molecule has 6 rings (SSSR count). The predicted octanol–water partition coefficient (Wildman–Crippen LogP) is 6.64. The van der Waals surface area contributed by atoms with E-state index in [4.69, 9.17) is 43.0 Å². The second kappa shape index (κ2) is 23.5. The molecule has 13 nitrogen and oxygen atoms in total. The van der Waals surface area contributed by atoms with Gasteiger partial charge in [0.2, 0.25) is 0 Å². The zero-order valence-electron chi connectivity index (χ0n) is 34.1. The highest BCUT2D eigenvalue weighted by Gasteiger charge is 2.30. The van der Waals surface area contributed by atoms with Crippen molar-refractivity contribution in [2.24, 2.45) is 5.41 Å². The van der Waals surface area contributed by atoms with Crippen LogP contribution in [-0.4, -0.2) is 116 Å². The zero-order chi connectivity index (χ0) is 42.9. The summed E-state index contributed by atoms with van der Waals surface area (Å²) in [5.74, 6) is -1.07. The quantitative estimate of drug-likeness (QED) is 0.0351. The number of hydrogen-bond donors (Lipinski definition) is 1. The number of esters is 2. The fraction of sp³-hybridized carbons (Fsp3) is 0.391. The summed E-state index contributed by atoms with van der Waals surface area (Å²) in [4.78, 5) is 51.5.